The molecule has 5 heteroatoms. The molecule has 0 N–H and O–H groups in total. The van der Waals surface area contributed by atoms with E-state index in [9.17, 15) is 14.4 Å². The number of ether oxygens (including phenoxy) is 2. The van der Waals surface area contributed by atoms with Crippen LogP contribution in [0.1, 0.15) is 40.5 Å². The molecule has 0 saturated heterocycles. The summed E-state index contributed by atoms with van der Waals surface area (Å²) < 4.78 is 10.3. The van der Waals surface area contributed by atoms with Crippen LogP contribution in [-0.4, -0.2) is 30.9 Å². The molecule has 0 aliphatic heterocycles. The Kier molecular flexibility index (Phi) is 3.43. The fourth-order valence-corrected chi connectivity index (χ4v) is 4.30. The Labute approximate surface area is 119 Å². The highest BCUT2D eigenvalue weighted by atomic mass is 16.5. The summed E-state index contributed by atoms with van der Waals surface area (Å²) in [5.74, 6) is -0.946. The molecular weight excluding hydrogens is 260 g/mol. The van der Waals surface area contributed by atoms with E-state index in [0.29, 0.717) is 12.8 Å². The first-order chi connectivity index (χ1) is 9.16. The molecule has 112 valence electrons. The van der Waals surface area contributed by atoms with Gasteiger partial charge in [0.15, 0.2) is 0 Å². The summed E-state index contributed by atoms with van der Waals surface area (Å²) in [4.78, 5) is 36.0. The molecule has 20 heavy (non-hydrogen) atoms. The lowest BCUT2D eigenvalue weighted by molar-refractivity contribution is -0.199. The van der Waals surface area contributed by atoms with Crippen LogP contribution in [0.25, 0.3) is 0 Å². The average molecular weight is 282 g/mol. The fourth-order valence-electron chi connectivity index (χ4n) is 4.30. The molecule has 0 heterocycles. The number of fused-ring (bicyclic) bond motifs is 3. The molecule has 0 aromatic heterocycles. The quantitative estimate of drug-likeness (QED) is 0.721. The van der Waals surface area contributed by atoms with Gasteiger partial charge >= 0.3 is 11.9 Å². The van der Waals surface area contributed by atoms with Crippen molar-refractivity contribution in [3.05, 3.63) is 0 Å². The van der Waals surface area contributed by atoms with Crippen LogP contribution in [0.2, 0.25) is 0 Å². The largest absolute Gasteiger partial charge is 0.469 e. The molecule has 3 rings (SSSR count). The van der Waals surface area contributed by atoms with E-state index in [4.69, 9.17) is 9.47 Å². The third-order valence-corrected chi connectivity index (χ3v) is 5.27. The van der Waals surface area contributed by atoms with Gasteiger partial charge in [0, 0.05) is 12.8 Å². The van der Waals surface area contributed by atoms with Gasteiger partial charge in [0.25, 0.3) is 0 Å². The van der Waals surface area contributed by atoms with Gasteiger partial charge in [-0.05, 0) is 32.6 Å². The number of methoxy groups -OCH3 is 1. The highest BCUT2D eigenvalue weighted by Gasteiger charge is 2.66. The van der Waals surface area contributed by atoms with E-state index >= 15 is 0 Å². The van der Waals surface area contributed by atoms with E-state index in [-0.39, 0.29) is 29.6 Å². The lowest BCUT2D eigenvalue weighted by Gasteiger charge is -2.57. The second-order valence-electron chi connectivity index (χ2n) is 6.60. The Morgan fingerprint density at radius 3 is 2.40 bits per heavy atom. The van der Waals surface area contributed by atoms with Gasteiger partial charge in [-0.2, -0.15) is 0 Å². The van der Waals surface area contributed by atoms with Gasteiger partial charge in [-0.1, -0.05) is 6.92 Å². The minimum absolute atomic E-state index is 0.0846. The van der Waals surface area contributed by atoms with E-state index in [1.165, 1.54) is 14.0 Å². The van der Waals surface area contributed by atoms with Crippen molar-refractivity contribution in [2.45, 2.75) is 46.6 Å². The Hall–Kier alpha value is -1.39. The summed E-state index contributed by atoms with van der Waals surface area (Å²) in [6.07, 6.45) is 0.471. The number of Topliss-reactive ketones (excluding diaryl/α,β-unsaturated/α-hetero) is 1. The van der Waals surface area contributed by atoms with Crippen molar-refractivity contribution in [2.24, 2.45) is 22.7 Å². The Bertz CT molecular complexity index is 471. The summed E-state index contributed by atoms with van der Waals surface area (Å²) in [5, 5.41) is 0. The van der Waals surface area contributed by atoms with Crippen LogP contribution in [0.15, 0.2) is 0 Å². The molecule has 5 atom stereocenters. The van der Waals surface area contributed by atoms with Crippen molar-refractivity contribution < 1.29 is 23.9 Å². The second-order valence-corrected chi connectivity index (χ2v) is 6.60. The molecule has 0 amide bonds. The third kappa shape index (κ3) is 1.86. The third-order valence-electron chi connectivity index (χ3n) is 5.27. The monoisotopic (exact) mass is 282 g/mol. The molecule has 2 bridgehead atoms. The minimum atomic E-state index is -0.803. The molecule has 5 nitrogen and oxygen atoms in total. The van der Waals surface area contributed by atoms with Crippen molar-refractivity contribution in [3.8, 4) is 0 Å². The first-order valence-corrected chi connectivity index (χ1v) is 6.96. The first kappa shape index (κ1) is 15.0. The van der Waals surface area contributed by atoms with Crippen LogP contribution < -0.4 is 0 Å². The van der Waals surface area contributed by atoms with Gasteiger partial charge in [0.05, 0.1) is 17.9 Å². The highest BCUT2D eigenvalue weighted by Crippen LogP contribution is 2.60. The summed E-state index contributed by atoms with van der Waals surface area (Å²) in [5.41, 5.74) is -1.49. The molecule has 0 unspecified atom stereocenters. The predicted octanol–water partition coefficient (Wildman–Crippen LogP) is 1.73. The van der Waals surface area contributed by atoms with Crippen molar-refractivity contribution in [1.29, 1.82) is 0 Å². The normalized spacial score (nSPS) is 43.2. The van der Waals surface area contributed by atoms with Crippen molar-refractivity contribution in [1.82, 2.24) is 0 Å². The average Bonchev–Trinajstić information content (AvgIpc) is 2.37. The Morgan fingerprint density at radius 1 is 1.30 bits per heavy atom. The molecule has 0 radical (unpaired) electrons. The Morgan fingerprint density at radius 2 is 1.90 bits per heavy atom. The molecule has 3 saturated carbocycles. The number of rotatable bonds is 2. The predicted molar refractivity (Wildman–Crippen MR) is 70.7 cm³/mol. The zero-order chi connectivity index (χ0) is 15.3. The number of esters is 2. The Balaban J connectivity index is 2.41. The maximum atomic E-state index is 12.6. The summed E-state index contributed by atoms with van der Waals surface area (Å²) in [7, 11) is 1.37. The van der Waals surface area contributed by atoms with Crippen LogP contribution in [0.5, 0.6) is 0 Å². The summed E-state index contributed by atoms with van der Waals surface area (Å²) >= 11 is 0. The van der Waals surface area contributed by atoms with Crippen LogP contribution in [0, 0.1) is 22.7 Å². The molecular formula is C15H22O5. The number of hydrogen-bond acceptors (Lipinski definition) is 5. The lowest BCUT2D eigenvalue weighted by atomic mass is 9.46. The molecule has 0 spiro atoms. The standard InChI is InChI=1S/C15H22O5/c1-8-10-6-11(20-9(2)16)15(4,12(8)17)7-14(10,3)13(18)19-5/h8,10-11H,6-7H2,1-5H3/t8-,10+,11+,14+,15-/m0/s1. The molecule has 0 aromatic carbocycles. The van der Waals surface area contributed by atoms with Gasteiger partial charge < -0.3 is 9.47 Å². The van der Waals surface area contributed by atoms with Gasteiger partial charge in [-0.15, -0.1) is 0 Å². The van der Waals surface area contributed by atoms with Crippen molar-refractivity contribution in [3.63, 3.8) is 0 Å². The molecule has 3 aliphatic rings. The van der Waals surface area contributed by atoms with Gasteiger partial charge in [-0.25, -0.2) is 0 Å². The maximum Gasteiger partial charge on any atom is 0.311 e. The van der Waals surface area contributed by atoms with Crippen molar-refractivity contribution in [2.75, 3.05) is 7.11 Å². The van der Waals surface area contributed by atoms with Crippen LogP contribution >= 0.6 is 0 Å². The number of hydrogen-bond donors (Lipinski definition) is 0. The molecule has 3 fully saturated rings. The van der Waals surface area contributed by atoms with E-state index in [1.54, 1.807) is 6.92 Å². The number of ketones is 1. The first-order valence-electron chi connectivity index (χ1n) is 6.96. The second kappa shape index (κ2) is 4.57. The molecule has 0 aromatic rings. The lowest BCUT2D eigenvalue weighted by Crippen LogP contribution is -2.64. The summed E-state index contributed by atoms with van der Waals surface area (Å²) in [6, 6.07) is 0. The maximum absolute atomic E-state index is 12.6. The number of carbonyl (C=O) groups is 3. The zero-order valence-corrected chi connectivity index (χ0v) is 12.7. The van der Waals surface area contributed by atoms with E-state index in [1.807, 2.05) is 13.8 Å². The summed E-state index contributed by atoms with van der Waals surface area (Å²) in [6.45, 7) is 6.86. The van der Waals surface area contributed by atoms with Crippen LogP contribution in [0.4, 0.5) is 0 Å². The van der Waals surface area contributed by atoms with E-state index in [2.05, 4.69) is 0 Å². The van der Waals surface area contributed by atoms with Gasteiger partial charge in [-0.3, -0.25) is 14.4 Å². The van der Waals surface area contributed by atoms with Gasteiger partial charge in [0.2, 0.25) is 0 Å². The fraction of sp³-hybridized carbons (Fsp3) is 0.800. The smallest absolute Gasteiger partial charge is 0.311 e. The zero-order valence-electron chi connectivity index (χ0n) is 12.7. The van der Waals surface area contributed by atoms with E-state index in [0.717, 1.165) is 0 Å². The van der Waals surface area contributed by atoms with Crippen molar-refractivity contribution >= 4 is 17.7 Å². The van der Waals surface area contributed by atoms with Crippen LogP contribution in [-0.2, 0) is 23.9 Å². The molecule has 3 aliphatic carbocycles. The highest BCUT2D eigenvalue weighted by molar-refractivity contribution is 5.93. The van der Waals surface area contributed by atoms with E-state index < -0.39 is 16.9 Å². The number of carbonyl (C=O) groups excluding carboxylic acids is 3. The van der Waals surface area contributed by atoms with Gasteiger partial charge in [0.1, 0.15) is 11.9 Å². The van der Waals surface area contributed by atoms with Crippen LogP contribution in [0.3, 0.4) is 0 Å². The topological polar surface area (TPSA) is 69.7 Å². The minimum Gasteiger partial charge on any atom is -0.469 e. The SMILES string of the molecule is COC(=O)[C@]1(C)C[C@]2(C)C(=O)[C@@H](C)[C@H]1C[C@H]2OC(C)=O.